The van der Waals surface area contributed by atoms with E-state index >= 15 is 0 Å². The van der Waals surface area contributed by atoms with Gasteiger partial charge in [0.2, 0.25) is 5.95 Å². The second kappa shape index (κ2) is 9.73. The summed E-state index contributed by atoms with van der Waals surface area (Å²) in [5, 5.41) is 14.1. The van der Waals surface area contributed by atoms with Gasteiger partial charge in [-0.15, -0.1) is 0 Å². The van der Waals surface area contributed by atoms with Gasteiger partial charge < -0.3 is 15.0 Å². The first-order valence-electron chi connectivity index (χ1n) is 10.6. The number of anilines is 2. The van der Waals surface area contributed by atoms with Crippen LogP contribution >= 0.6 is 0 Å². The van der Waals surface area contributed by atoms with E-state index in [2.05, 4.69) is 30.6 Å². The molecule has 15 heteroatoms. The molecule has 1 N–H and O–H groups in total. The normalized spacial score (nSPS) is 15.1. The van der Waals surface area contributed by atoms with Gasteiger partial charge in [-0.05, 0) is 13.0 Å². The average Bonchev–Trinajstić information content (AvgIpc) is 3.20. The van der Waals surface area contributed by atoms with Crippen LogP contribution in [-0.2, 0) is 40.4 Å². The molecule has 0 saturated heterocycles. The van der Waals surface area contributed by atoms with Crippen LogP contribution in [0.5, 0.6) is 0 Å². The van der Waals surface area contributed by atoms with Gasteiger partial charge >= 0.3 is 6.18 Å². The Kier molecular flexibility index (Phi) is 6.89. The van der Waals surface area contributed by atoms with Crippen molar-refractivity contribution in [3.8, 4) is 0 Å². The SMILES string of the molecule is C[C@@H](COCc1cc2n(n1)CCN(c1ncc(S(C)(=O)=O)cn1)C2)Nc1cnncc1C(F)(F)F. The summed E-state index contributed by atoms with van der Waals surface area (Å²) in [5.41, 5.74) is 0.548. The number of nitrogens with zero attached hydrogens (tertiary/aromatic N) is 7. The Morgan fingerprint density at radius 3 is 2.54 bits per heavy atom. The van der Waals surface area contributed by atoms with Crippen LogP contribution in [0.15, 0.2) is 35.7 Å². The molecule has 1 aliphatic heterocycles. The number of nitrogens with one attached hydrogen (secondary N) is 1. The van der Waals surface area contributed by atoms with Crippen molar-refractivity contribution >= 4 is 21.5 Å². The van der Waals surface area contributed by atoms with E-state index in [1.165, 1.54) is 12.4 Å². The molecule has 4 rings (SSSR count). The fourth-order valence-electron chi connectivity index (χ4n) is 3.54. The lowest BCUT2D eigenvalue weighted by Crippen LogP contribution is -2.34. The number of hydrogen-bond acceptors (Lipinski definition) is 10. The molecule has 35 heavy (non-hydrogen) atoms. The third-order valence-electron chi connectivity index (χ3n) is 5.23. The van der Waals surface area contributed by atoms with Crippen molar-refractivity contribution in [3.05, 3.63) is 47.8 Å². The molecule has 188 valence electrons. The Bertz CT molecular complexity index is 1280. The smallest absolute Gasteiger partial charge is 0.378 e. The van der Waals surface area contributed by atoms with Gasteiger partial charge in [-0.2, -0.15) is 28.5 Å². The van der Waals surface area contributed by atoms with Gasteiger partial charge in [0.05, 0.1) is 68.2 Å². The third-order valence-corrected chi connectivity index (χ3v) is 6.30. The minimum atomic E-state index is -4.54. The quantitative estimate of drug-likeness (QED) is 0.478. The van der Waals surface area contributed by atoms with Crippen LogP contribution in [-0.4, -0.2) is 63.8 Å². The first-order chi connectivity index (χ1) is 16.5. The van der Waals surface area contributed by atoms with E-state index in [1.807, 2.05) is 15.6 Å². The molecule has 11 nitrogen and oxygen atoms in total. The Hall–Kier alpha value is -3.33. The number of rotatable bonds is 8. The van der Waals surface area contributed by atoms with E-state index in [4.69, 9.17) is 4.74 Å². The maximum atomic E-state index is 13.1. The van der Waals surface area contributed by atoms with Crippen LogP contribution in [0.1, 0.15) is 23.9 Å². The molecule has 0 radical (unpaired) electrons. The van der Waals surface area contributed by atoms with Crippen molar-refractivity contribution in [1.29, 1.82) is 0 Å². The Morgan fingerprint density at radius 1 is 1.14 bits per heavy atom. The van der Waals surface area contributed by atoms with Gasteiger partial charge in [0, 0.05) is 18.8 Å². The maximum Gasteiger partial charge on any atom is 0.420 e. The zero-order chi connectivity index (χ0) is 25.2. The second-order valence-electron chi connectivity index (χ2n) is 8.14. The number of alkyl halides is 3. The average molecular weight is 513 g/mol. The van der Waals surface area contributed by atoms with Gasteiger partial charge in [0.15, 0.2) is 9.84 Å². The molecule has 0 aromatic carbocycles. The van der Waals surface area contributed by atoms with Gasteiger partial charge in [0.1, 0.15) is 10.5 Å². The highest BCUT2D eigenvalue weighted by Gasteiger charge is 2.34. The molecular formula is C20H23F3N8O3S. The first-order valence-corrected chi connectivity index (χ1v) is 12.4. The summed E-state index contributed by atoms with van der Waals surface area (Å²) >= 11 is 0. The molecule has 1 aliphatic rings. The molecule has 3 aromatic rings. The lowest BCUT2D eigenvalue weighted by molar-refractivity contribution is -0.137. The van der Waals surface area contributed by atoms with Crippen LogP contribution < -0.4 is 10.2 Å². The number of fused-ring (bicyclic) bond motifs is 1. The van der Waals surface area contributed by atoms with Crippen molar-refractivity contribution in [3.63, 3.8) is 0 Å². The van der Waals surface area contributed by atoms with E-state index in [9.17, 15) is 21.6 Å². The Labute approximate surface area is 199 Å². The largest absolute Gasteiger partial charge is 0.420 e. The number of ether oxygens (including phenoxy) is 1. The molecule has 0 spiro atoms. The third kappa shape index (κ3) is 6.03. The summed E-state index contributed by atoms with van der Waals surface area (Å²) in [6, 6.07) is 1.46. The molecule has 4 heterocycles. The summed E-state index contributed by atoms with van der Waals surface area (Å²) in [4.78, 5) is 10.3. The zero-order valence-electron chi connectivity index (χ0n) is 18.9. The van der Waals surface area contributed by atoms with Crippen molar-refractivity contribution in [2.75, 3.05) is 29.6 Å². The van der Waals surface area contributed by atoms with Crippen molar-refractivity contribution < 1.29 is 26.3 Å². The lowest BCUT2D eigenvalue weighted by atomic mass is 10.2. The minimum absolute atomic E-state index is 0.0567. The predicted molar refractivity (Wildman–Crippen MR) is 118 cm³/mol. The minimum Gasteiger partial charge on any atom is -0.378 e. The monoisotopic (exact) mass is 512 g/mol. The highest BCUT2D eigenvalue weighted by Crippen LogP contribution is 2.33. The fraction of sp³-hybridized carbons (Fsp3) is 0.450. The van der Waals surface area contributed by atoms with Crippen LogP contribution in [0, 0.1) is 0 Å². The van der Waals surface area contributed by atoms with E-state index in [0.29, 0.717) is 37.5 Å². The van der Waals surface area contributed by atoms with Crippen LogP contribution in [0.3, 0.4) is 0 Å². The van der Waals surface area contributed by atoms with E-state index in [1.54, 1.807) is 6.92 Å². The van der Waals surface area contributed by atoms with E-state index in [-0.39, 0.29) is 23.8 Å². The standard InChI is InChI=1S/C20H23F3N8O3S/c1-13(28-18-9-27-26-8-17(18)20(21,22)23)11-34-12-14-5-15-10-30(3-4-31(15)29-14)19-24-6-16(7-25-19)35(2,32)33/h5-9,13H,3-4,10-12H2,1-2H3,(H,26,28)/t13-/m0/s1. The molecule has 1 atom stereocenters. The number of sulfone groups is 1. The predicted octanol–water partition coefficient (Wildman–Crippen LogP) is 1.92. The van der Waals surface area contributed by atoms with Gasteiger partial charge in [-0.3, -0.25) is 4.68 Å². The van der Waals surface area contributed by atoms with E-state index in [0.717, 1.165) is 18.1 Å². The molecule has 0 amide bonds. The summed E-state index contributed by atoms with van der Waals surface area (Å²) in [7, 11) is -3.37. The second-order valence-corrected chi connectivity index (χ2v) is 10.2. The number of hydrogen-bond donors (Lipinski definition) is 1. The first kappa shape index (κ1) is 24.8. The molecule has 0 fully saturated rings. The lowest BCUT2D eigenvalue weighted by Gasteiger charge is -2.27. The van der Waals surface area contributed by atoms with Crippen molar-refractivity contribution in [2.24, 2.45) is 0 Å². The van der Waals surface area contributed by atoms with Gasteiger partial charge in [0.25, 0.3) is 0 Å². The van der Waals surface area contributed by atoms with Gasteiger partial charge in [-0.25, -0.2) is 18.4 Å². The molecule has 0 saturated carbocycles. The topological polar surface area (TPSA) is 128 Å². The van der Waals surface area contributed by atoms with Gasteiger partial charge in [-0.1, -0.05) is 0 Å². The van der Waals surface area contributed by atoms with E-state index < -0.39 is 27.6 Å². The highest BCUT2D eigenvalue weighted by molar-refractivity contribution is 7.90. The van der Waals surface area contributed by atoms with Crippen molar-refractivity contribution in [2.45, 2.75) is 43.7 Å². The summed E-state index contributed by atoms with van der Waals surface area (Å²) in [6.45, 7) is 3.69. The van der Waals surface area contributed by atoms with Crippen molar-refractivity contribution in [1.82, 2.24) is 29.9 Å². The molecular weight excluding hydrogens is 489 g/mol. The number of aromatic nitrogens is 6. The Morgan fingerprint density at radius 2 is 1.86 bits per heavy atom. The molecule has 0 bridgehead atoms. The molecule has 0 aliphatic carbocycles. The van der Waals surface area contributed by atoms with Crippen LogP contribution in [0.25, 0.3) is 0 Å². The molecule has 3 aromatic heterocycles. The summed E-state index contributed by atoms with van der Waals surface area (Å²) < 4.78 is 70.0. The fourth-order valence-corrected chi connectivity index (χ4v) is 4.03. The summed E-state index contributed by atoms with van der Waals surface area (Å²) in [6.07, 6.45) is 0.854. The Balaban J connectivity index is 1.31. The summed E-state index contributed by atoms with van der Waals surface area (Å²) in [5.74, 6) is 0.423. The van der Waals surface area contributed by atoms with Crippen LogP contribution in [0.4, 0.5) is 24.8 Å². The van der Waals surface area contributed by atoms with Crippen LogP contribution in [0.2, 0.25) is 0 Å². The zero-order valence-corrected chi connectivity index (χ0v) is 19.7. The highest BCUT2D eigenvalue weighted by atomic mass is 32.2. The number of halogens is 3. The maximum absolute atomic E-state index is 13.1. The molecule has 0 unspecified atom stereocenters.